The Morgan fingerprint density at radius 3 is 1.52 bits per heavy atom. The Balaban J connectivity index is 1.02. The van der Waals surface area contributed by atoms with Crippen molar-refractivity contribution in [1.82, 2.24) is 0 Å². The van der Waals surface area contributed by atoms with Gasteiger partial charge in [-0.25, -0.2) is 0 Å². The van der Waals surface area contributed by atoms with Gasteiger partial charge >= 0.3 is 0 Å². The molecule has 0 N–H and O–H groups in total. The maximum atomic E-state index is 6.80. The molecule has 1 heterocycles. The topological polar surface area (TPSA) is 16.4 Å². The maximum Gasteiger partial charge on any atom is 0.143 e. The molecule has 0 unspecified atom stereocenters. The smallest absolute Gasteiger partial charge is 0.143 e. The molecule has 0 atom stereocenters. The SMILES string of the molecule is c1ccc(-c2c(-c3ccccc3)c3cc(-c4cccc(N(c5cccc(-c6cccc7ccccc67)c5)c5ccc6c(c5)oc5c7ccccc7ccc65)c4)ccc3c3ccccc23)cc1. The van der Waals surface area contributed by atoms with Gasteiger partial charge in [-0.1, -0.05) is 194 Å². The van der Waals surface area contributed by atoms with E-state index in [2.05, 4.69) is 254 Å². The Labute approximate surface area is 382 Å². The van der Waals surface area contributed by atoms with Crippen molar-refractivity contribution in [3.8, 4) is 44.5 Å². The van der Waals surface area contributed by atoms with Gasteiger partial charge in [0.25, 0.3) is 0 Å². The Morgan fingerprint density at radius 2 is 0.758 bits per heavy atom. The maximum absolute atomic E-state index is 6.80. The third kappa shape index (κ3) is 6.26. The molecule has 0 aliphatic rings. The second-order valence-corrected chi connectivity index (χ2v) is 17.2. The number of furan rings is 1. The fraction of sp³-hybridized carbons (Fsp3) is 0. The van der Waals surface area contributed by atoms with Crippen LogP contribution in [0.2, 0.25) is 0 Å². The molecule has 0 saturated carbocycles. The van der Waals surface area contributed by atoms with Crippen LogP contribution in [-0.4, -0.2) is 0 Å². The summed E-state index contributed by atoms with van der Waals surface area (Å²) in [6, 6.07) is 90.3. The molecule has 0 aliphatic heterocycles. The highest BCUT2D eigenvalue weighted by molar-refractivity contribution is 6.22. The zero-order chi connectivity index (χ0) is 43.6. The van der Waals surface area contributed by atoms with E-state index < -0.39 is 0 Å². The minimum atomic E-state index is 0.856. The summed E-state index contributed by atoms with van der Waals surface area (Å²) in [5.74, 6) is 0. The molecule has 2 heteroatoms. The lowest BCUT2D eigenvalue weighted by molar-refractivity contribution is 0.672. The second-order valence-electron chi connectivity index (χ2n) is 17.2. The van der Waals surface area contributed by atoms with Gasteiger partial charge in [0.05, 0.1) is 0 Å². The molecule has 13 rings (SSSR count). The molecule has 1 aromatic heterocycles. The average molecular weight is 840 g/mol. The van der Waals surface area contributed by atoms with Crippen molar-refractivity contribution in [2.45, 2.75) is 0 Å². The van der Waals surface area contributed by atoms with E-state index >= 15 is 0 Å². The van der Waals surface area contributed by atoms with Crippen LogP contribution in [0.3, 0.4) is 0 Å². The van der Waals surface area contributed by atoms with E-state index in [1.807, 2.05) is 0 Å². The highest BCUT2D eigenvalue weighted by Gasteiger charge is 2.21. The monoisotopic (exact) mass is 839 g/mol. The molecule has 2 nitrogen and oxygen atoms in total. The van der Waals surface area contributed by atoms with E-state index in [0.29, 0.717) is 0 Å². The van der Waals surface area contributed by atoms with Crippen LogP contribution in [0, 0.1) is 0 Å². The zero-order valence-corrected chi connectivity index (χ0v) is 36.0. The van der Waals surface area contributed by atoms with Crippen molar-refractivity contribution >= 4 is 82.1 Å². The van der Waals surface area contributed by atoms with E-state index in [0.717, 1.165) is 61.1 Å². The summed E-state index contributed by atoms with van der Waals surface area (Å²) < 4.78 is 6.80. The van der Waals surface area contributed by atoms with Crippen molar-refractivity contribution in [3.05, 3.63) is 249 Å². The largest absolute Gasteiger partial charge is 0.455 e. The standard InChI is InChI=1S/C64H41NO/c1-3-18-44(19-4-1)62-58-30-12-11-29-55(58)56-35-33-47(40-60(56)63(62)45-20-5-2-6-21-45)46-23-13-25-49(38-46)65(50-26-14-24-48(39-50)53-31-15-22-42-16-7-9-27-52(42)53)51-34-37-57-59-36-32-43-17-8-10-28-54(43)64(59)66-61(57)41-51/h1-41H. The number of rotatable bonds is 7. The minimum Gasteiger partial charge on any atom is -0.455 e. The Hall–Kier alpha value is -8.72. The molecule has 0 fully saturated rings. The molecule has 0 amide bonds. The molecule has 0 bridgehead atoms. The lowest BCUT2D eigenvalue weighted by Gasteiger charge is -2.26. The quantitative estimate of drug-likeness (QED) is 0.149. The number of fused-ring (bicyclic) bond motifs is 9. The van der Waals surface area contributed by atoms with Gasteiger partial charge in [0.2, 0.25) is 0 Å². The summed E-state index contributed by atoms with van der Waals surface area (Å²) in [6.07, 6.45) is 0. The van der Waals surface area contributed by atoms with E-state index in [4.69, 9.17) is 4.42 Å². The molecule has 0 spiro atoms. The van der Waals surface area contributed by atoms with Gasteiger partial charge in [0, 0.05) is 39.3 Å². The van der Waals surface area contributed by atoms with Crippen LogP contribution in [0.25, 0.3) is 110 Å². The predicted octanol–water partition coefficient (Wildman–Crippen LogP) is 18.3. The summed E-state index contributed by atoms with van der Waals surface area (Å²) in [7, 11) is 0. The molecular formula is C64H41NO. The number of hydrogen-bond acceptors (Lipinski definition) is 2. The first-order chi connectivity index (χ1) is 32.7. The van der Waals surface area contributed by atoms with Crippen LogP contribution in [0.1, 0.15) is 0 Å². The van der Waals surface area contributed by atoms with Crippen molar-refractivity contribution in [3.63, 3.8) is 0 Å². The lowest BCUT2D eigenvalue weighted by Crippen LogP contribution is -2.10. The first-order valence-electron chi connectivity index (χ1n) is 22.7. The number of anilines is 3. The van der Waals surface area contributed by atoms with Crippen molar-refractivity contribution in [1.29, 1.82) is 0 Å². The van der Waals surface area contributed by atoms with Gasteiger partial charge in [0.15, 0.2) is 0 Å². The van der Waals surface area contributed by atoms with Crippen molar-refractivity contribution in [2.75, 3.05) is 4.90 Å². The highest BCUT2D eigenvalue weighted by Crippen LogP contribution is 2.47. The zero-order valence-electron chi connectivity index (χ0n) is 36.0. The predicted molar refractivity (Wildman–Crippen MR) is 280 cm³/mol. The molecule has 13 aromatic rings. The number of benzene rings is 12. The number of hydrogen-bond donors (Lipinski definition) is 0. The second kappa shape index (κ2) is 15.5. The fourth-order valence-electron chi connectivity index (χ4n) is 10.4. The van der Waals surface area contributed by atoms with Gasteiger partial charge in [-0.2, -0.15) is 0 Å². The van der Waals surface area contributed by atoms with Crippen LogP contribution in [0.5, 0.6) is 0 Å². The number of nitrogens with zero attached hydrogens (tertiary/aromatic N) is 1. The molecule has 0 aliphatic carbocycles. The van der Waals surface area contributed by atoms with E-state index in [-0.39, 0.29) is 0 Å². The Kier molecular flexibility index (Phi) is 8.89. The van der Waals surface area contributed by atoms with Gasteiger partial charge < -0.3 is 9.32 Å². The summed E-state index contributed by atoms with van der Waals surface area (Å²) >= 11 is 0. The van der Waals surface area contributed by atoms with Crippen LogP contribution >= 0.6 is 0 Å². The average Bonchev–Trinajstić information content (AvgIpc) is 3.77. The summed E-state index contributed by atoms with van der Waals surface area (Å²) in [5.41, 5.74) is 14.4. The van der Waals surface area contributed by atoms with Crippen molar-refractivity contribution < 1.29 is 4.42 Å². The molecule has 66 heavy (non-hydrogen) atoms. The normalized spacial score (nSPS) is 11.6. The van der Waals surface area contributed by atoms with Gasteiger partial charge in [-0.3, -0.25) is 0 Å². The van der Waals surface area contributed by atoms with E-state index in [1.165, 1.54) is 65.5 Å². The van der Waals surface area contributed by atoms with Crippen molar-refractivity contribution in [2.24, 2.45) is 0 Å². The summed E-state index contributed by atoms with van der Waals surface area (Å²) in [5, 5.41) is 11.9. The molecule has 0 saturated heterocycles. The Bertz CT molecular complexity index is 3990. The van der Waals surface area contributed by atoms with Gasteiger partial charge in [-0.15, -0.1) is 0 Å². The van der Waals surface area contributed by atoms with Crippen LogP contribution in [0.15, 0.2) is 253 Å². The van der Waals surface area contributed by atoms with E-state index in [9.17, 15) is 0 Å². The first kappa shape index (κ1) is 37.8. The first-order valence-corrected chi connectivity index (χ1v) is 22.7. The van der Waals surface area contributed by atoms with Crippen LogP contribution in [-0.2, 0) is 0 Å². The molecule has 12 aromatic carbocycles. The minimum absolute atomic E-state index is 0.856. The Morgan fingerprint density at radius 1 is 0.258 bits per heavy atom. The van der Waals surface area contributed by atoms with Gasteiger partial charge in [0.1, 0.15) is 11.2 Å². The highest BCUT2D eigenvalue weighted by atomic mass is 16.3. The van der Waals surface area contributed by atoms with E-state index in [1.54, 1.807) is 0 Å². The fourth-order valence-corrected chi connectivity index (χ4v) is 10.4. The third-order valence-corrected chi connectivity index (χ3v) is 13.4. The van der Waals surface area contributed by atoms with Gasteiger partial charge in [-0.05, 0) is 131 Å². The third-order valence-electron chi connectivity index (χ3n) is 13.4. The van der Waals surface area contributed by atoms with Crippen LogP contribution in [0.4, 0.5) is 17.1 Å². The lowest BCUT2D eigenvalue weighted by atomic mass is 9.84. The molecule has 0 radical (unpaired) electrons. The molecular weight excluding hydrogens is 799 g/mol. The van der Waals surface area contributed by atoms with Crippen LogP contribution < -0.4 is 4.90 Å². The summed E-state index contributed by atoms with van der Waals surface area (Å²) in [4.78, 5) is 2.38. The summed E-state index contributed by atoms with van der Waals surface area (Å²) in [6.45, 7) is 0. The molecule has 308 valence electrons.